The number of rotatable bonds is 0. The first-order valence-electron chi connectivity index (χ1n) is 4.24. The molecule has 2 heteroatoms. The van der Waals surface area contributed by atoms with Crippen LogP contribution in [-0.2, 0) is 0 Å². The van der Waals surface area contributed by atoms with Crippen LogP contribution in [0.4, 0.5) is 0 Å². The normalized spacial score (nSPS) is 49.3. The minimum Gasteiger partial charge on any atom is -0.0884 e. The van der Waals surface area contributed by atoms with Gasteiger partial charge in [0.25, 0.3) is 0 Å². The highest BCUT2D eigenvalue weighted by atomic mass is 79.9. The Bertz CT molecular complexity index is 176. The fourth-order valence-corrected chi connectivity index (χ4v) is 4.45. The third kappa shape index (κ3) is 1.44. The molecule has 0 unspecified atom stereocenters. The highest BCUT2D eigenvalue weighted by Gasteiger charge is 2.37. The predicted octanol–water partition coefficient (Wildman–Crippen LogP) is 3.50. The van der Waals surface area contributed by atoms with E-state index < -0.39 is 0 Å². The number of halogens is 2. The van der Waals surface area contributed by atoms with Gasteiger partial charge in [-0.3, -0.25) is 0 Å². The van der Waals surface area contributed by atoms with Crippen molar-refractivity contribution in [2.45, 2.75) is 28.9 Å². The van der Waals surface area contributed by atoms with Gasteiger partial charge in [0.1, 0.15) is 0 Å². The van der Waals surface area contributed by atoms with Crippen LogP contribution in [0.1, 0.15) is 19.3 Å². The maximum atomic E-state index is 3.79. The molecule has 0 aromatic rings. The summed E-state index contributed by atoms with van der Waals surface area (Å²) in [5, 5.41) is 0. The van der Waals surface area contributed by atoms with Crippen molar-refractivity contribution in [1.82, 2.24) is 0 Å². The van der Waals surface area contributed by atoms with Gasteiger partial charge in [0.05, 0.1) is 0 Å². The summed E-state index contributed by atoms with van der Waals surface area (Å²) < 4.78 is 0. The Balaban J connectivity index is 2.21. The van der Waals surface area contributed by atoms with E-state index >= 15 is 0 Å². The topological polar surface area (TPSA) is 0 Å². The third-order valence-corrected chi connectivity index (χ3v) is 5.27. The van der Waals surface area contributed by atoms with Crippen LogP contribution in [0.15, 0.2) is 12.2 Å². The lowest BCUT2D eigenvalue weighted by atomic mass is 10.0. The van der Waals surface area contributed by atoms with Crippen LogP contribution in [0.3, 0.4) is 0 Å². The number of hydrogen-bond acceptors (Lipinski definition) is 0. The van der Waals surface area contributed by atoms with Crippen LogP contribution in [0, 0.1) is 11.8 Å². The highest BCUT2D eigenvalue weighted by molar-refractivity contribution is 9.10. The maximum Gasteiger partial charge on any atom is 0.0247 e. The van der Waals surface area contributed by atoms with Crippen LogP contribution >= 0.6 is 31.9 Å². The van der Waals surface area contributed by atoms with Gasteiger partial charge in [-0.2, -0.15) is 0 Å². The second-order valence-electron chi connectivity index (χ2n) is 3.53. The SMILES string of the molecule is Br[C@H]1[C@@H]2CC[C@H]1C=CC[C@H]2Br. The van der Waals surface area contributed by atoms with Gasteiger partial charge in [0.2, 0.25) is 0 Å². The first kappa shape index (κ1) is 8.31. The van der Waals surface area contributed by atoms with Gasteiger partial charge in [-0.1, -0.05) is 44.0 Å². The Labute approximate surface area is 84.7 Å². The molecule has 0 saturated heterocycles. The summed E-state index contributed by atoms with van der Waals surface area (Å²) in [5.74, 6) is 1.66. The summed E-state index contributed by atoms with van der Waals surface area (Å²) in [6, 6.07) is 0. The zero-order valence-corrected chi connectivity index (χ0v) is 9.51. The average molecular weight is 280 g/mol. The second kappa shape index (κ2) is 3.21. The molecule has 0 heterocycles. The lowest BCUT2D eigenvalue weighted by Crippen LogP contribution is -2.19. The molecule has 0 N–H and O–H groups in total. The summed E-state index contributed by atoms with van der Waals surface area (Å²) in [6.07, 6.45) is 8.70. The van der Waals surface area contributed by atoms with Crippen LogP contribution in [0.25, 0.3) is 0 Å². The van der Waals surface area contributed by atoms with Gasteiger partial charge in [-0.05, 0) is 31.1 Å². The molecule has 11 heavy (non-hydrogen) atoms. The standard InChI is InChI=1S/C9H12Br2/c10-8-3-1-2-6-4-5-7(8)9(6)11/h1-2,6-9H,3-5H2/t6-,7-,8-,9-/m1/s1. The Hall–Kier alpha value is 0.700. The molecule has 2 bridgehead atoms. The predicted molar refractivity (Wildman–Crippen MR) is 55.4 cm³/mol. The minimum absolute atomic E-state index is 0.704. The Morgan fingerprint density at radius 3 is 2.82 bits per heavy atom. The number of hydrogen-bond donors (Lipinski definition) is 0. The van der Waals surface area contributed by atoms with E-state index in [1.807, 2.05) is 0 Å². The summed E-state index contributed by atoms with van der Waals surface area (Å²) in [6.45, 7) is 0. The van der Waals surface area contributed by atoms with Crippen molar-refractivity contribution in [3.05, 3.63) is 12.2 Å². The van der Waals surface area contributed by atoms with Crippen molar-refractivity contribution in [3.8, 4) is 0 Å². The van der Waals surface area contributed by atoms with E-state index in [1.165, 1.54) is 19.3 Å². The van der Waals surface area contributed by atoms with E-state index in [0.717, 1.165) is 16.7 Å². The molecule has 2 aliphatic carbocycles. The fraction of sp³-hybridized carbons (Fsp3) is 0.778. The number of fused-ring (bicyclic) bond motifs is 2. The lowest BCUT2D eigenvalue weighted by molar-refractivity contribution is 0.544. The summed E-state index contributed by atoms with van der Waals surface area (Å²) in [5.41, 5.74) is 0. The van der Waals surface area contributed by atoms with Gasteiger partial charge >= 0.3 is 0 Å². The zero-order chi connectivity index (χ0) is 7.84. The fourth-order valence-electron chi connectivity index (χ4n) is 2.16. The van der Waals surface area contributed by atoms with Gasteiger partial charge in [0.15, 0.2) is 0 Å². The van der Waals surface area contributed by atoms with Gasteiger partial charge in [-0.25, -0.2) is 0 Å². The smallest absolute Gasteiger partial charge is 0.0247 e. The summed E-state index contributed by atoms with van der Waals surface area (Å²) in [4.78, 5) is 1.43. The molecule has 2 rings (SSSR count). The molecule has 0 radical (unpaired) electrons. The average Bonchev–Trinajstić information content (AvgIpc) is 2.23. The Morgan fingerprint density at radius 2 is 2.00 bits per heavy atom. The molecule has 0 aromatic heterocycles. The van der Waals surface area contributed by atoms with Crippen molar-refractivity contribution in [2.75, 3.05) is 0 Å². The molecule has 0 spiro atoms. The Morgan fingerprint density at radius 1 is 1.18 bits per heavy atom. The molecular formula is C9H12Br2. The molecule has 0 nitrogen and oxygen atoms in total. The lowest BCUT2D eigenvalue weighted by Gasteiger charge is -2.18. The number of alkyl halides is 2. The number of allylic oxidation sites excluding steroid dienone is 2. The van der Waals surface area contributed by atoms with E-state index in [-0.39, 0.29) is 0 Å². The quantitative estimate of drug-likeness (QED) is 0.470. The zero-order valence-electron chi connectivity index (χ0n) is 6.34. The largest absolute Gasteiger partial charge is 0.0884 e. The summed E-state index contributed by atoms with van der Waals surface area (Å²) in [7, 11) is 0. The van der Waals surface area contributed by atoms with Crippen molar-refractivity contribution in [3.63, 3.8) is 0 Å². The molecular weight excluding hydrogens is 268 g/mol. The van der Waals surface area contributed by atoms with Crippen molar-refractivity contribution in [1.29, 1.82) is 0 Å². The third-order valence-electron chi connectivity index (χ3n) is 2.86. The molecule has 0 aromatic carbocycles. The van der Waals surface area contributed by atoms with E-state index in [9.17, 15) is 0 Å². The van der Waals surface area contributed by atoms with Gasteiger partial charge in [0, 0.05) is 9.65 Å². The van der Waals surface area contributed by atoms with Crippen LogP contribution < -0.4 is 0 Å². The van der Waals surface area contributed by atoms with Crippen molar-refractivity contribution in [2.24, 2.45) is 11.8 Å². The monoisotopic (exact) mass is 278 g/mol. The Kier molecular flexibility index (Phi) is 2.43. The molecule has 2 aliphatic rings. The maximum absolute atomic E-state index is 3.79. The molecule has 1 saturated carbocycles. The van der Waals surface area contributed by atoms with Gasteiger partial charge < -0.3 is 0 Å². The minimum atomic E-state index is 0.704. The molecule has 0 aliphatic heterocycles. The van der Waals surface area contributed by atoms with Crippen molar-refractivity contribution < 1.29 is 0 Å². The van der Waals surface area contributed by atoms with Crippen molar-refractivity contribution >= 4 is 31.9 Å². The molecule has 0 amide bonds. The highest BCUT2D eigenvalue weighted by Crippen LogP contribution is 2.44. The molecule has 1 fully saturated rings. The van der Waals surface area contributed by atoms with E-state index in [1.54, 1.807) is 0 Å². The second-order valence-corrected chi connectivity index (χ2v) is 5.76. The van der Waals surface area contributed by atoms with E-state index in [4.69, 9.17) is 0 Å². The van der Waals surface area contributed by atoms with Crippen LogP contribution in [-0.4, -0.2) is 9.65 Å². The van der Waals surface area contributed by atoms with Crippen LogP contribution in [0.5, 0.6) is 0 Å². The van der Waals surface area contributed by atoms with Crippen LogP contribution in [0.2, 0.25) is 0 Å². The van der Waals surface area contributed by atoms with E-state index in [0.29, 0.717) is 4.83 Å². The summed E-state index contributed by atoms with van der Waals surface area (Å²) >= 11 is 7.54. The first-order chi connectivity index (χ1) is 5.29. The first-order valence-corrected chi connectivity index (χ1v) is 6.07. The molecule has 62 valence electrons. The molecule has 4 atom stereocenters. The van der Waals surface area contributed by atoms with Gasteiger partial charge in [-0.15, -0.1) is 0 Å². The van der Waals surface area contributed by atoms with E-state index in [2.05, 4.69) is 44.0 Å².